The summed E-state index contributed by atoms with van der Waals surface area (Å²) in [4.78, 5) is 13.4. The van der Waals surface area contributed by atoms with Crippen molar-refractivity contribution >= 4 is 17.3 Å². The minimum Gasteiger partial charge on any atom is -0.480 e. The maximum Gasteiger partial charge on any atom is 0.320 e. The van der Waals surface area contributed by atoms with Crippen LogP contribution < -0.4 is 0 Å². The maximum atomic E-state index is 14.2. The first-order valence-corrected chi connectivity index (χ1v) is 7.88. The molecule has 5 heteroatoms. The second kappa shape index (κ2) is 5.95. The van der Waals surface area contributed by atoms with Crippen LogP contribution in [0.2, 0.25) is 0 Å². The number of carboxylic acid groups (broad SMARTS) is 1. The topological polar surface area (TPSA) is 40.5 Å². The van der Waals surface area contributed by atoms with Crippen molar-refractivity contribution in [2.45, 2.75) is 24.9 Å². The molecule has 2 heterocycles. The van der Waals surface area contributed by atoms with Gasteiger partial charge in [0.1, 0.15) is 11.9 Å². The Kier molecular flexibility index (Phi) is 4.03. The standard InChI is InChI=1S/C16H16FNO2S/c17-13-5-2-1-4-12(13)15(11-7-9-21-10-11)18-8-3-6-14(18)16(19)20/h1-2,4-5,7,9-10,14-15H,3,6,8H2,(H,19,20). The predicted molar refractivity (Wildman–Crippen MR) is 79.9 cm³/mol. The molecule has 0 bridgehead atoms. The summed E-state index contributed by atoms with van der Waals surface area (Å²) >= 11 is 1.54. The maximum absolute atomic E-state index is 14.2. The van der Waals surface area contributed by atoms with Crippen LogP contribution in [0, 0.1) is 5.82 Å². The lowest BCUT2D eigenvalue weighted by Crippen LogP contribution is -2.39. The number of likely N-dealkylation sites (tertiary alicyclic amines) is 1. The lowest BCUT2D eigenvalue weighted by molar-refractivity contribution is -0.142. The Bertz CT molecular complexity index is 629. The van der Waals surface area contributed by atoms with Crippen molar-refractivity contribution in [3.8, 4) is 0 Å². The van der Waals surface area contributed by atoms with E-state index in [9.17, 15) is 14.3 Å². The molecule has 110 valence electrons. The minimum absolute atomic E-state index is 0.287. The van der Waals surface area contributed by atoms with Gasteiger partial charge in [-0.2, -0.15) is 11.3 Å². The van der Waals surface area contributed by atoms with E-state index in [0.29, 0.717) is 18.5 Å². The molecular formula is C16H16FNO2S. The summed E-state index contributed by atoms with van der Waals surface area (Å²) in [6.45, 7) is 0.672. The molecule has 0 spiro atoms. The van der Waals surface area contributed by atoms with E-state index in [4.69, 9.17) is 0 Å². The van der Waals surface area contributed by atoms with Crippen LogP contribution in [-0.2, 0) is 4.79 Å². The van der Waals surface area contributed by atoms with E-state index in [0.717, 1.165) is 12.0 Å². The van der Waals surface area contributed by atoms with Gasteiger partial charge in [-0.25, -0.2) is 4.39 Å². The summed E-state index contributed by atoms with van der Waals surface area (Å²) in [6, 6.07) is 7.69. The van der Waals surface area contributed by atoms with Crippen LogP contribution in [0.25, 0.3) is 0 Å². The molecule has 3 nitrogen and oxygen atoms in total. The second-order valence-corrected chi connectivity index (χ2v) is 5.99. The number of hydrogen-bond donors (Lipinski definition) is 1. The normalized spacial score (nSPS) is 20.5. The van der Waals surface area contributed by atoms with Gasteiger partial charge < -0.3 is 5.11 Å². The molecular weight excluding hydrogens is 289 g/mol. The molecule has 2 aromatic rings. The van der Waals surface area contributed by atoms with Crippen molar-refractivity contribution in [2.75, 3.05) is 6.54 Å². The van der Waals surface area contributed by atoms with Crippen LogP contribution in [0.1, 0.15) is 30.0 Å². The van der Waals surface area contributed by atoms with Crippen molar-refractivity contribution in [2.24, 2.45) is 0 Å². The molecule has 0 aliphatic carbocycles. The molecule has 1 fully saturated rings. The third-order valence-corrected chi connectivity index (χ3v) is 4.67. The van der Waals surface area contributed by atoms with Crippen molar-refractivity contribution in [3.63, 3.8) is 0 Å². The van der Waals surface area contributed by atoms with Gasteiger partial charge in [0.2, 0.25) is 0 Å². The molecule has 1 aromatic carbocycles. The molecule has 2 atom stereocenters. The van der Waals surface area contributed by atoms with Crippen LogP contribution >= 0.6 is 11.3 Å². The van der Waals surface area contributed by atoms with E-state index < -0.39 is 12.0 Å². The lowest BCUT2D eigenvalue weighted by atomic mass is 9.98. The molecule has 2 unspecified atom stereocenters. The zero-order chi connectivity index (χ0) is 14.8. The Morgan fingerprint density at radius 2 is 2.19 bits per heavy atom. The number of aliphatic carboxylic acids is 1. The molecule has 21 heavy (non-hydrogen) atoms. The third kappa shape index (κ3) is 2.71. The highest BCUT2D eigenvalue weighted by molar-refractivity contribution is 7.08. The zero-order valence-electron chi connectivity index (χ0n) is 11.4. The summed E-state index contributed by atoms with van der Waals surface area (Å²) in [7, 11) is 0. The van der Waals surface area contributed by atoms with Crippen LogP contribution in [0.5, 0.6) is 0 Å². The average Bonchev–Trinajstić information content (AvgIpc) is 3.13. The highest BCUT2D eigenvalue weighted by Gasteiger charge is 2.37. The Hall–Kier alpha value is -1.72. The van der Waals surface area contributed by atoms with E-state index in [1.54, 1.807) is 29.5 Å². The van der Waals surface area contributed by atoms with E-state index in [2.05, 4.69) is 0 Å². The summed E-state index contributed by atoms with van der Waals surface area (Å²) in [5.74, 6) is -1.12. The number of nitrogens with zero attached hydrogens (tertiary/aromatic N) is 1. The molecule has 1 aliphatic heterocycles. The number of carboxylic acids is 1. The van der Waals surface area contributed by atoms with Gasteiger partial charge in [0.05, 0.1) is 6.04 Å². The van der Waals surface area contributed by atoms with Crippen LogP contribution in [0.3, 0.4) is 0 Å². The molecule has 0 saturated carbocycles. The monoisotopic (exact) mass is 305 g/mol. The van der Waals surface area contributed by atoms with Crippen molar-refractivity contribution < 1.29 is 14.3 Å². The first-order chi connectivity index (χ1) is 10.2. The first-order valence-electron chi connectivity index (χ1n) is 6.93. The van der Waals surface area contributed by atoms with E-state index in [1.807, 2.05) is 21.7 Å². The second-order valence-electron chi connectivity index (χ2n) is 5.21. The number of thiophene rings is 1. The number of hydrogen-bond acceptors (Lipinski definition) is 3. The highest BCUT2D eigenvalue weighted by Crippen LogP contribution is 2.36. The van der Waals surface area contributed by atoms with Gasteiger partial charge in [-0.15, -0.1) is 0 Å². The van der Waals surface area contributed by atoms with E-state index in [1.165, 1.54) is 6.07 Å². The van der Waals surface area contributed by atoms with Crippen LogP contribution in [-0.4, -0.2) is 28.6 Å². The fourth-order valence-corrected chi connectivity index (χ4v) is 3.72. The average molecular weight is 305 g/mol. The number of carbonyl (C=O) groups is 1. The smallest absolute Gasteiger partial charge is 0.320 e. The van der Waals surface area contributed by atoms with Crippen molar-refractivity contribution in [1.82, 2.24) is 4.90 Å². The predicted octanol–water partition coefficient (Wildman–Crippen LogP) is 3.53. The molecule has 1 saturated heterocycles. The van der Waals surface area contributed by atoms with Gasteiger partial charge >= 0.3 is 5.97 Å². The molecule has 1 N–H and O–H groups in total. The summed E-state index contributed by atoms with van der Waals surface area (Å²) < 4.78 is 14.2. The van der Waals surface area contributed by atoms with Gasteiger partial charge in [0.15, 0.2) is 0 Å². The van der Waals surface area contributed by atoms with Gasteiger partial charge in [-0.3, -0.25) is 9.69 Å². The first kappa shape index (κ1) is 14.2. The molecule has 1 aromatic heterocycles. The van der Waals surface area contributed by atoms with Gasteiger partial charge in [0, 0.05) is 12.1 Å². The van der Waals surface area contributed by atoms with Gasteiger partial charge in [-0.1, -0.05) is 18.2 Å². The highest BCUT2D eigenvalue weighted by atomic mass is 32.1. The van der Waals surface area contributed by atoms with Crippen molar-refractivity contribution in [1.29, 1.82) is 0 Å². The molecule has 3 rings (SSSR count). The Balaban J connectivity index is 2.05. The van der Waals surface area contributed by atoms with E-state index in [-0.39, 0.29) is 11.9 Å². The largest absolute Gasteiger partial charge is 0.480 e. The molecule has 1 aliphatic rings. The summed E-state index contributed by atoms with van der Waals surface area (Å²) in [5, 5.41) is 13.3. The molecule has 0 amide bonds. The van der Waals surface area contributed by atoms with E-state index >= 15 is 0 Å². The zero-order valence-corrected chi connectivity index (χ0v) is 12.2. The Morgan fingerprint density at radius 1 is 1.38 bits per heavy atom. The fraction of sp³-hybridized carbons (Fsp3) is 0.312. The van der Waals surface area contributed by atoms with Crippen molar-refractivity contribution in [3.05, 3.63) is 58.0 Å². The summed E-state index contributed by atoms with van der Waals surface area (Å²) in [6.07, 6.45) is 1.44. The lowest BCUT2D eigenvalue weighted by Gasteiger charge is -2.31. The summed E-state index contributed by atoms with van der Waals surface area (Å²) in [5.41, 5.74) is 1.50. The quantitative estimate of drug-likeness (QED) is 0.939. The molecule has 0 radical (unpaired) electrons. The Morgan fingerprint density at radius 3 is 2.86 bits per heavy atom. The number of halogens is 1. The SMILES string of the molecule is O=C(O)C1CCCN1C(c1ccsc1)c1ccccc1F. The van der Waals surface area contributed by atoms with Gasteiger partial charge in [-0.05, 0) is 41.3 Å². The van der Waals surface area contributed by atoms with Crippen LogP contribution in [0.15, 0.2) is 41.1 Å². The van der Waals surface area contributed by atoms with Gasteiger partial charge in [0.25, 0.3) is 0 Å². The Labute approximate surface area is 126 Å². The number of benzene rings is 1. The van der Waals surface area contributed by atoms with Crippen LogP contribution in [0.4, 0.5) is 4.39 Å². The fourth-order valence-electron chi connectivity index (χ4n) is 3.04. The minimum atomic E-state index is -0.830. The number of rotatable bonds is 4. The third-order valence-electron chi connectivity index (χ3n) is 3.97.